The van der Waals surface area contributed by atoms with E-state index in [9.17, 15) is 9.90 Å². The first kappa shape index (κ1) is 20.0. The van der Waals surface area contributed by atoms with E-state index in [-0.39, 0.29) is 17.9 Å². The van der Waals surface area contributed by atoms with Crippen molar-refractivity contribution < 1.29 is 19.4 Å². The summed E-state index contributed by atoms with van der Waals surface area (Å²) in [6.07, 6.45) is 2.77. The Morgan fingerprint density at radius 3 is 2.71 bits per heavy atom. The van der Waals surface area contributed by atoms with Crippen LogP contribution in [-0.4, -0.2) is 48.9 Å². The molecular weight excluding hydrogens is 356 g/mol. The van der Waals surface area contributed by atoms with E-state index in [0.29, 0.717) is 19.6 Å². The molecule has 1 atom stereocenters. The van der Waals surface area contributed by atoms with E-state index < -0.39 is 0 Å². The van der Waals surface area contributed by atoms with Crippen LogP contribution in [0, 0.1) is 0 Å². The summed E-state index contributed by atoms with van der Waals surface area (Å²) in [6.45, 7) is 2.14. The average molecular weight is 384 g/mol. The molecule has 28 heavy (non-hydrogen) atoms. The van der Waals surface area contributed by atoms with Crippen molar-refractivity contribution >= 4 is 6.03 Å². The lowest BCUT2D eigenvalue weighted by atomic mass is 10.1. The number of nitrogens with one attached hydrogen (secondary N) is 1. The molecule has 150 valence electrons. The molecule has 2 aromatic carbocycles. The molecule has 1 unspecified atom stereocenters. The first-order valence-corrected chi connectivity index (χ1v) is 9.70. The van der Waals surface area contributed by atoms with Crippen LogP contribution in [0.2, 0.25) is 0 Å². The molecule has 0 bridgehead atoms. The molecule has 0 aliphatic carbocycles. The van der Waals surface area contributed by atoms with Crippen molar-refractivity contribution in [3.63, 3.8) is 0 Å². The fourth-order valence-electron chi connectivity index (χ4n) is 3.32. The number of amides is 2. The van der Waals surface area contributed by atoms with E-state index in [1.54, 1.807) is 24.1 Å². The number of phenols is 1. The van der Waals surface area contributed by atoms with Gasteiger partial charge in [-0.3, -0.25) is 0 Å². The summed E-state index contributed by atoms with van der Waals surface area (Å²) in [5.74, 6) is 1.02. The van der Waals surface area contributed by atoms with Crippen LogP contribution in [0.1, 0.15) is 24.0 Å². The Balaban J connectivity index is 1.57. The normalized spacial score (nSPS) is 16.0. The standard InChI is InChI=1S/C22H28N2O4/c1-27-19-10-8-17(9-11-19)12-13-23-22(26)24(16-20-6-4-14-28-20)15-18-5-2-3-7-21(18)25/h2-3,5,7-11,20,25H,4,6,12-16H2,1H3,(H,23,26). The van der Waals surface area contributed by atoms with Crippen molar-refractivity contribution in [2.45, 2.75) is 31.9 Å². The summed E-state index contributed by atoms with van der Waals surface area (Å²) in [5.41, 5.74) is 1.86. The minimum absolute atomic E-state index is 0.0539. The molecule has 1 aliphatic heterocycles. The van der Waals surface area contributed by atoms with E-state index in [1.165, 1.54) is 0 Å². The molecule has 0 radical (unpaired) electrons. The highest BCUT2D eigenvalue weighted by atomic mass is 16.5. The lowest BCUT2D eigenvalue weighted by molar-refractivity contribution is 0.0793. The Labute approximate surface area is 166 Å². The van der Waals surface area contributed by atoms with Crippen LogP contribution in [0.3, 0.4) is 0 Å². The number of carbonyl (C=O) groups excluding carboxylic acids is 1. The summed E-state index contributed by atoms with van der Waals surface area (Å²) in [6, 6.07) is 14.8. The van der Waals surface area contributed by atoms with Crippen LogP contribution in [0.5, 0.6) is 11.5 Å². The van der Waals surface area contributed by atoms with Gasteiger partial charge in [-0.25, -0.2) is 4.79 Å². The molecule has 2 amide bonds. The van der Waals surface area contributed by atoms with Crippen LogP contribution in [0.15, 0.2) is 48.5 Å². The highest BCUT2D eigenvalue weighted by Crippen LogP contribution is 2.20. The van der Waals surface area contributed by atoms with Gasteiger partial charge in [-0.1, -0.05) is 30.3 Å². The zero-order chi connectivity index (χ0) is 19.8. The Kier molecular flexibility index (Phi) is 7.14. The predicted octanol–water partition coefficient (Wildman–Crippen LogP) is 3.33. The van der Waals surface area contributed by atoms with Gasteiger partial charge < -0.3 is 24.8 Å². The van der Waals surface area contributed by atoms with E-state index in [4.69, 9.17) is 9.47 Å². The molecule has 1 saturated heterocycles. The van der Waals surface area contributed by atoms with Crippen molar-refractivity contribution in [3.05, 3.63) is 59.7 Å². The molecule has 2 N–H and O–H groups in total. The highest BCUT2D eigenvalue weighted by Gasteiger charge is 2.23. The second-order valence-corrected chi connectivity index (χ2v) is 6.97. The molecule has 6 nitrogen and oxygen atoms in total. The Morgan fingerprint density at radius 2 is 2.04 bits per heavy atom. The van der Waals surface area contributed by atoms with Crippen molar-refractivity contribution in [2.75, 3.05) is 26.8 Å². The van der Waals surface area contributed by atoms with Crippen molar-refractivity contribution in [3.8, 4) is 11.5 Å². The number of para-hydroxylation sites is 1. The topological polar surface area (TPSA) is 71.0 Å². The third-order valence-corrected chi connectivity index (χ3v) is 4.94. The zero-order valence-electron chi connectivity index (χ0n) is 16.3. The maximum absolute atomic E-state index is 12.8. The molecule has 0 saturated carbocycles. The minimum Gasteiger partial charge on any atom is -0.508 e. The molecule has 1 heterocycles. The number of rotatable bonds is 8. The van der Waals surface area contributed by atoms with Crippen LogP contribution in [-0.2, 0) is 17.7 Å². The van der Waals surface area contributed by atoms with Gasteiger partial charge in [0, 0.05) is 25.3 Å². The van der Waals surface area contributed by atoms with Gasteiger partial charge in [0.05, 0.1) is 19.8 Å². The fraction of sp³-hybridized carbons (Fsp3) is 0.409. The molecule has 0 aromatic heterocycles. The summed E-state index contributed by atoms with van der Waals surface area (Å²) >= 11 is 0. The third kappa shape index (κ3) is 5.63. The largest absolute Gasteiger partial charge is 0.508 e. The number of hydrogen-bond donors (Lipinski definition) is 2. The molecule has 2 aromatic rings. The molecule has 1 fully saturated rings. The van der Waals surface area contributed by atoms with Gasteiger partial charge in [-0.15, -0.1) is 0 Å². The smallest absolute Gasteiger partial charge is 0.317 e. The number of ether oxygens (including phenoxy) is 2. The summed E-state index contributed by atoms with van der Waals surface area (Å²) in [5, 5.41) is 13.1. The van der Waals surface area contributed by atoms with Gasteiger partial charge in [0.1, 0.15) is 11.5 Å². The van der Waals surface area contributed by atoms with Gasteiger partial charge in [0.15, 0.2) is 0 Å². The second-order valence-electron chi connectivity index (χ2n) is 6.97. The van der Waals surface area contributed by atoms with E-state index >= 15 is 0 Å². The Morgan fingerprint density at radius 1 is 1.25 bits per heavy atom. The van der Waals surface area contributed by atoms with Gasteiger partial charge in [-0.2, -0.15) is 0 Å². The van der Waals surface area contributed by atoms with Gasteiger partial charge in [0.2, 0.25) is 0 Å². The Bertz CT molecular complexity index is 757. The third-order valence-electron chi connectivity index (χ3n) is 4.94. The quantitative estimate of drug-likeness (QED) is 0.732. The Hall–Kier alpha value is -2.73. The predicted molar refractivity (Wildman–Crippen MR) is 108 cm³/mol. The molecule has 6 heteroatoms. The lowest BCUT2D eigenvalue weighted by Gasteiger charge is -2.26. The minimum atomic E-state index is -0.146. The van der Waals surface area contributed by atoms with Crippen LogP contribution >= 0.6 is 0 Å². The van der Waals surface area contributed by atoms with Gasteiger partial charge >= 0.3 is 6.03 Å². The number of aromatic hydroxyl groups is 1. The summed E-state index contributed by atoms with van der Waals surface area (Å²) < 4.78 is 10.9. The van der Waals surface area contributed by atoms with Crippen LogP contribution in [0.4, 0.5) is 4.79 Å². The number of nitrogens with zero attached hydrogens (tertiary/aromatic N) is 1. The monoisotopic (exact) mass is 384 g/mol. The molecule has 1 aliphatic rings. The van der Waals surface area contributed by atoms with E-state index in [2.05, 4.69) is 5.32 Å². The first-order chi connectivity index (χ1) is 13.7. The SMILES string of the molecule is COc1ccc(CCNC(=O)N(Cc2ccccc2O)CC2CCCO2)cc1. The molecule has 3 rings (SSSR count). The maximum atomic E-state index is 12.8. The number of methoxy groups -OCH3 is 1. The van der Waals surface area contributed by atoms with Crippen LogP contribution in [0.25, 0.3) is 0 Å². The van der Waals surface area contributed by atoms with Crippen LogP contribution < -0.4 is 10.1 Å². The number of carbonyl (C=O) groups is 1. The van der Waals surface area contributed by atoms with Crippen molar-refractivity contribution in [1.29, 1.82) is 0 Å². The van der Waals surface area contributed by atoms with Gasteiger partial charge in [-0.05, 0) is 43.0 Å². The number of benzene rings is 2. The average Bonchev–Trinajstić information content (AvgIpc) is 3.22. The summed E-state index contributed by atoms with van der Waals surface area (Å²) in [7, 11) is 1.64. The second kappa shape index (κ2) is 9.99. The van der Waals surface area contributed by atoms with Gasteiger partial charge in [0.25, 0.3) is 0 Å². The van der Waals surface area contributed by atoms with E-state index in [0.717, 1.165) is 42.7 Å². The lowest BCUT2D eigenvalue weighted by Crippen LogP contribution is -2.43. The number of hydrogen-bond acceptors (Lipinski definition) is 4. The number of urea groups is 1. The summed E-state index contributed by atoms with van der Waals surface area (Å²) in [4.78, 5) is 14.5. The fourth-order valence-corrected chi connectivity index (χ4v) is 3.32. The van der Waals surface area contributed by atoms with Crippen molar-refractivity contribution in [2.24, 2.45) is 0 Å². The molecule has 0 spiro atoms. The van der Waals surface area contributed by atoms with E-state index in [1.807, 2.05) is 36.4 Å². The first-order valence-electron chi connectivity index (χ1n) is 9.70. The van der Waals surface area contributed by atoms with Crippen molar-refractivity contribution in [1.82, 2.24) is 10.2 Å². The molecular formula is C22H28N2O4. The maximum Gasteiger partial charge on any atom is 0.317 e. The highest BCUT2D eigenvalue weighted by molar-refractivity contribution is 5.74. The number of phenolic OH excluding ortho intramolecular Hbond substituents is 1. The zero-order valence-corrected chi connectivity index (χ0v) is 16.3.